The van der Waals surface area contributed by atoms with E-state index in [1.807, 2.05) is 0 Å². The van der Waals surface area contributed by atoms with Gasteiger partial charge in [-0.1, -0.05) is 0 Å². The van der Waals surface area contributed by atoms with Gasteiger partial charge in [0.1, 0.15) is 0 Å². The largest absolute Gasteiger partial charge is 1.00 e. The van der Waals surface area contributed by atoms with Crippen LogP contribution in [0.5, 0.6) is 0 Å². The third-order valence-electron chi connectivity index (χ3n) is 1.35. The van der Waals surface area contributed by atoms with E-state index in [1.165, 1.54) is 27.8 Å². The molecule has 0 bridgehead atoms. The van der Waals surface area contributed by atoms with Crippen molar-refractivity contribution in [1.82, 2.24) is 0 Å². The van der Waals surface area contributed by atoms with E-state index in [4.69, 9.17) is 5.73 Å². The molecule has 4 heteroatoms. The molecule has 0 fully saturated rings. The smallest absolute Gasteiger partial charge is 1.00 e. The SMILES string of the molecule is NCc1ccc(F)[c]([Mg+])c1.[Br-]. The molecular weight excluding hydrogens is 221 g/mol. The molecule has 0 spiro atoms. The van der Waals surface area contributed by atoms with Gasteiger partial charge in [0.15, 0.2) is 0 Å². The van der Waals surface area contributed by atoms with Crippen molar-refractivity contribution in [1.29, 1.82) is 0 Å². The number of halogens is 2. The molecule has 1 nitrogen and oxygen atoms in total. The molecular formula is C7H7BrFMgN. The number of rotatable bonds is 1. The van der Waals surface area contributed by atoms with Gasteiger partial charge in [-0.3, -0.25) is 0 Å². The maximum Gasteiger partial charge on any atom is -1.00 e. The fraction of sp³-hybridized carbons (Fsp3) is 0.143. The third kappa shape index (κ3) is 3.07. The van der Waals surface area contributed by atoms with Crippen molar-refractivity contribution in [3.05, 3.63) is 29.6 Å². The summed E-state index contributed by atoms with van der Waals surface area (Å²) in [5, 5.41) is 0. The van der Waals surface area contributed by atoms with Gasteiger partial charge in [0, 0.05) is 0 Å². The van der Waals surface area contributed by atoms with E-state index in [0.29, 0.717) is 10.2 Å². The minimum absolute atomic E-state index is 0. The van der Waals surface area contributed by atoms with E-state index in [9.17, 15) is 4.39 Å². The van der Waals surface area contributed by atoms with Crippen molar-refractivity contribution in [3.8, 4) is 0 Å². The minimum atomic E-state index is -0.157. The van der Waals surface area contributed by atoms with Crippen LogP contribution in [0.1, 0.15) is 5.56 Å². The van der Waals surface area contributed by atoms with Gasteiger partial charge in [0.25, 0.3) is 0 Å². The van der Waals surface area contributed by atoms with Crippen LogP contribution in [0.3, 0.4) is 0 Å². The van der Waals surface area contributed by atoms with Crippen LogP contribution in [0.2, 0.25) is 0 Å². The Morgan fingerprint density at radius 1 is 1.45 bits per heavy atom. The van der Waals surface area contributed by atoms with Gasteiger partial charge in [-0.05, 0) is 0 Å². The topological polar surface area (TPSA) is 26.0 Å². The summed E-state index contributed by atoms with van der Waals surface area (Å²) < 4.78 is 13.3. The summed E-state index contributed by atoms with van der Waals surface area (Å²) in [6, 6.07) is 4.92. The van der Waals surface area contributed by atoms with Crippen molar-refractivity contribution in [2.24, 2.45) is 5.73 Å². The second-order valence-electron chi connectivity index (χ2n) is 2.13. The Morgan fingerprint density at radius 2 is 2.09 bits per heavy atom. The molecule has 1 aromatic rings. The first kappa shape index (κ1) is 11.4. The summed E-state index contributed by atoms with van der Waals surface area (Å²) >= 11 is 1.53. The maximum atomic E-state index is 12.6. The van der Waals surface area contributed by atoms with E-state index in [-0.39, 0.29) is 22.8 Å². The quantitative estimate of drug-likeness (QED) is 0.512. The molecule has 56 valence electrons. The summed E-state index contributed by atoms with van der Waals surface area (Å²) in [6.07, 6.45) is 0. The van der Waals surface area contributed by atoms with Gasteiger partial charge in [-0.15, -0.1) is 0 Å². The molecule has 0 heterocycles. The summed E-state index contributed by atoms with van der Waals surface area (Å²) in [5.74, 6) is -0.157. The van der Waals surface area contributed by atoms with Crippen LogP contribution in [0, 0.1) is 5.82 Å². The molecule has 1 rings (SSSR count). The van der Waals surface area contributed by atoms with Gasteiger partial charge in [-0.2, -0.15) is 0 Å². The van der Waals surface area contributed by atoms with Gasteiger partial charge in [-0.25, -0.2) is 0 Å². The molecule has 11 heavy (non-hydrogen) atoms. The standard InChI is InChI=1S/C7H7FN.BrH.Mg/c8-7-3-1-6(5-9)2-4-7;;/h1-3H,5,9H2;1H;/q;;+1/p-1. The molecule has 0 aliphatic carbocycles. The van der Waals surface area contributed by atoms with E-state index in [1.54, 1.807) is 12.1 Å². The van der Waals surface area contributed by atoms with Gasteiger partial charge >= 0.3 is 71.7 Å². The predicted molar refractivity (Wildman–Crippen MR) is 39.7 cm³/mol. The van der Waals surface area contributed by atoms with Crippen molar-refractivity contribution in [2.45, 2.75) is 6.54 Å². The van der Waals surface area contributed by atoms with Crippen LogP contribution in [0.4, 0.5) is 4.39 Å². The Balaban J connectivity index is 0.000001000. The van der Waals surface area contributed by atoms with Crippen LogP contribution < -0.4 is 26.4 Å². The third-order valence-corrected chi connectivity index (χ3v) is 1.89. The zero-order valence-corrected chi connectivity index (χ0v) is 8.98. The van der Waals surface area contributed by atoms with Gasteiger partial charge in [0.05, 0.1) is 0 Å². The monoisotopic (exact) mass is 227 g/mol. The van der Waals surface area contributed by atoms with Gasteiger partial charge < -0.3 is 17.0 Å². The summed E-state index contributed by atoms with van der Waals surface area (Å²) in [4.78, 5) is 0. The molecule has 0 saturated heterocycles. The second kappa shape index (κ2) is 5.08. The normalized spacial score (nSPS) is 9.09. The molecule has 0 aliphatic heterocycles. The average Bonchev–Trinajstić information content (AvgIpc) is 1.95. The summed E-state index contributed by atoms with van der Waals surface area (Å²) in [6.45, 7) is 0.478. The van der Waals surface area contributed by atoms with Crippen LogP contribution >= 0.6 is 0 Å². The zero-order chi connectivity index (χ0) is 7.56. The van der Waals surface area contributed by atoms with Crippen LogP contribution in [-0.2, 0) is 6.54 Å². The van der Waals surface area contributed by atoms with Crippen molar-refractivity contribution < 1.29 is 21.4 Å². The number of nitrogens with two attached hydrogens (primary N) is 1. The Hall–Kier alpha value is 0.356. The van der Waals surface area contributed by atoms with Gasteiger partial charge in [0.2, 0.25) is 0 Å². The Bertz CT molecular complexity index is 242. The maximum absolute atomic E-state index is 12.6. The van der Waals surface area contributed by atoms with E-state index < -0.39 is 0 Å². The van der Waals surface area contributed by atoms with Crippen LogP contribution in [0.25, 0.3) is 0 Å². The molecule has 0 aromatic heterocycles. The Morgan fingerprint density at radius 3 is 2.55 bits per heavy atom. The fourth-order valence-electron chi connectivity index (χ4n) is 0.755. The van der Waals surface area contributed by atoms with Crippen molar-refractivity contribution >= 4 is 25.4 Å². The average molecular weight is 228 g/mol. The summed E-state index contributed by atoms with van der Waals surface area (Å²) in [5.41, 5.74) is 6.33. The van der Waals surface area contributed by atoms with E-state index in [2.05, 4.69) is 0 Å². The molecule has 2 N–H and O–H groups in total. The zero-order valence-electron chi connectivity index (χ0n) is 5.98. The first-order valence-corrected chi connectivity index (χ1v) is 3.75. The van der Waals surface area contributed by atoms with E-state index >= 15 is 0 Å². The Kier molecular flexibility index (Phi) is 5.25. The molecule has 0 amide bonds. The molecule has 0 aliphatic rings. The molecule has 0 unspecified atom stereocenters. The first-order valence-electron chi connectivity index (χ1n) is 3.04. The molecule has 1 aromatic carbocycles. The number of hydrogen-bond acceptors (Lipinski definition) is 1. The Labute approximate surface area is 88.4 Å². The van der Waals surface area contributed by atoms with Crippen LogP contribution in [0.15, 0.2) is 18.2 Å². The fourth-order valence-corrected chi connectivity index (χ4v) is 1.14. The van der Waals surface area contributed by atoms with E-state index in [0.717, 1.165) is 5.56 Å². The first-order chi connectivity index (χ1) is 4.74. The minimum Gasteiger partial charge on any atom is -1.00 e. The molecule has 0 atom stereocenters. The predicted octanol–water partition coefficient (Wildman–Crippen LogP) is -2.92. The second-order valence-corrected chi connectivity index (χ2v) is 2.89. The molecule has 0 saturated carbocycles. The van der Waals surface area contributed by atoms with Crippen molar-refractivity contribution in [2.75, 3.05) is 0 Å². The number of hydrogen-bond donors (Lipinski definition) is 1. The number of benzene rings is 1. The summed E-state index contributed by atoms with van der Waals surface area (Å²) in [7, 11) is 0. The van der Waals surface area contributed by atoms with Crippen molar-refractivity contribution in [3.63, 3.8) is 0 Å². The van der Waals surface area contributed by atoms with Crippen LogP contribution in [-0.4, -0.2) is 21.7 Å². The molecule has 0 radical (unpaired) electrons.